The van der Waals surface area contributed by atoms with Crippen LogP contribution in [0.25, 0.3) is 11.2 Å². The Morgan fingerprint density at radius 1 is 0.936 bits per heavy atom. The summed E-state index contributed by atoms with van der Waals surface area (Å²) in [6.45, 7) is 1.08. The lowest BCUT2D eigenvalue weighted by Gasteiger charge is -2.29. The van der Waals surface area contributed by atoms with Crippen LogP contribution in [-0.2, 0) is 31.9 Å². The number of methoxy groups -OCH3 is 1. The van der Waals surface area contributed by atoms with Gasteiger partial charge in [-0.05, 0) is 41.2 Å². The fourth-order valence-corrected chi connectivity index (χ4v) is 6.84. The molecule has 1 aliphatic heterocycles. The standard InChI is InChI=1S/C37H36Cl2N4O4/c1-46-33(45)19-28(34(24-11-4-2-5-12-24)25-13-6-3-7-14-25)31(44)18-26-15-9-8-10-23(26)16-17-27-21-40-30(22-47-27)36-42-35-29(38)20-32(39)41-37(35)43-36/h2-15,20,27-28,30,34,40H,16-19,21-22H2,1H3,(H,41,42,43)/t27-,28-,30+/m1/s1. The normalized spacial score (nSPS) is 17.1. The SMILES string of the molecule is COC(=O)C[C@H](C(=O)Cc1ccccc1CC[C@@H]1CN[C@H](c2nc3nc(Cl)cc(Cl)c3[nH]2)CO1)C(c1ccccc1)c1ccccc1. The molecule has 10 heteroatoms. The fourth-order valence-electron chi connectivity index (χ4n) is 6.36. The molecule has 47 heavy (non-hydrogen) atoms. The second-order valence-electron chi connectivity index (χ2n) is 11.8. The summed E-state index contributed by atoms with van der Waals surface area (Å²) in [6, 6.07) is 29.3. The highest BCUT2D eigenvalue weighted by Gasteiger charge is 2.33. The number of benzene rings is 3. The zero-order valence-electron chi connectivity index (χ0n) is 26.0. The molecule has 0 aliphatic carbocycles. The van der Waals surface area contributed by atoms with Gasteiger partial charge < -0.3 is 19.8 Å². The van der Waals surface area contributed by atoms with Gasteiger partial charge in [0.1, 0.15) is 22.3 Å². The number of carbonyl (C=O) groups excluding carboxylic acids is 2. The Labute approximate surface area is 283 Å². The highest BCUT2D eigenvalue weighted by atomic mass is 35.5. The minimum absolute atomic E-state index is 0.000645. The highest BCUT2D eigenvalue weighted by Crippen LogP contribution is 2.36. The van der Waals surface area contributed by atoms with Crippen LogP contribution in [0.5, 0.6) is 0 Å². The molecule has 0 unspecified atom stereocenters. The van der Waals surface area contributed by atoms with Crippen LogP contribution >= 0.6 is 23.2 Å². The minimum atomic E-state index is -0.595. The first-order valence-electron chi connectivity index (χ1n) is 15.7. The van der Waals surface area contributed by atoms with Crippen molar-refractivity contribution in [2.24, 2.45) is 5.92 Å². The smallest absolute Gasteiger partial charge is 0.306 e. The number of Topliss-reactive ketones (excluding diaryl/α,β-unsaturated/α-hetero) is 1. The Kier molecular flexibility index (Phi) is 10.6. The van der Waals surface area contributed by atoms with Gasteiger partial charge in [-0.3, -0.25) is 9.59 Å². The van der Waals surface area contributed by atoms with E-state index in [1.807, 2.05) is 78.9 Å². The number of ketones is 1. The number of pyridine rings is 1. The zero-order valence-corrected chi connectivity index (χ0v) is 27.5. The summed E-state index contributed by atoms with van der Waals surface area (Å²) in [5.41, 5.74) is 5.14. The summed E-state index contributed by atoms with van der Waals surface area (Å²) in [4.78, 5) is 38.9. The van der Waals surface area contributed by atoms with Crippen LogP contribution in [0.4, 0.5) is 0 Å². The van der Waals surface area contributed by atoms with Gasteiger partial charge in [-0.1, -0.05) is 108 Å². The maximum absolute atomic E-state index is 14.2. The molecule has 5 aromatic rings. The molecule has 1 saturated heterocycles. The van der Waals surface area contributed by atoms with Crippen molar-refractivity contribution in [3.63, 3.8) is 0 Å². The average molecular weight is 672 g/mol. The van der Waals surface area contributed by atoms with Crippen molar-refractivity contribution in [3.05, 3.63) is 129 Å². The molecule has 8 nitrogen and oxygen atoms in total. The van der Waals surface area contributed by atoms with Crippen LogP contribution in [0.3, 0.4) is 0 Å². The number of carbonyl (C=O) groups is 2. The number of rotatable bonds is 12. The van der Waals surface area contributed by atoms with Crippen molar-refractivity contribution in [1.29, 1.82) is 0 Å². The number of H-pyrrole nitrogens is 1. The Morgan fingerprint density at radius 3 is 2.23 bits per heavy atom. The summed E-state index contributed by atoms with van der Waals surface area (Å²) in [7, 11) is 1.36. The van der Waals surface area contributed by atoms with Crippen molar-refractivity contribution >= 4 is 46.1 Å². The Morgan fingerprint density at radius 2 is 1.60 bits per heavy atom. The van der Waals surface area contributed by atoms with Crippen LogP contribution < -0.4 is 5.32 Å². The third-order valence-electron chi connectivity index (χ3n) is 8.79. The number of hydrogen-bond acceptors (Lipinski definition) is 7. The van der Waals surface area contributed by atoms with Crippen molar-refractivity contribution in [2.45, 2.75) is 43.7 Å². The first kappa shape index (κ1) is 32.8. The lowest BCUT2D eigenvalue weighted by Crippen LogP contribution is -2.41. The Balaban J connectivity index is 1.14. The third kappa shape index (κ3) is 7.91. The Bertz CT molecular complexity index is 1790. The van der Waals surface area contributed by atoms with Crippen LogP contribution in [-0.4, -0.2) is 53.1 Å². The van der Waals surface area contributed by atoms with Gasteiger partial charge in [0.25, 0.3) is 0 Å². The number of morpholine rings is 1. The summed E-state index contributed by atoms with van der Waals surface area (Å²) >= 11 is 12.4. The largest absolute Gasteiger partial charge is 0.469 e. The zero-order chi connectivity index (χ0) is 32.8. The molecule has 2 N–H and O–H groups in total. The molecule has 6 rings (SSSR count). The predicted molar refractivity (Wildman–Crippen MR) is 183 cm³/mol. The second-order valence-corrected chi connectivity index (χ2v) is 12.6. The van der Waals surface area contributed by atoms with E-state index in [0.717, 1.165) is 35.1 Å². The van der Waals surface area contributed by atoms with Crippen molar-refractivity contribution in [1.82, 2.24) is 20.3 Å². The van der Waals surface area contributed by atoms with E-state index in [2.05, 4.69) is 26.3 Å². The number of hydrogen-bond donors (Lipinski definition) is 2. The number of imidazole rings is 1. The highest BCUT2D eigenvalue weighted by molar-refractivity contribution is 6.37. The molecule has 242 valence electrons. The van der Waals surface area contributed by atoms with E-state index in [0.29, 0.717) is 40.3 Å². The number of aryl methyl sites for hydroxylation is 1. The molecule has 0 amide bonds. The topological polar surface area (TPSA) is 106 Å². The molecule has 2 aromatic heterocycles. The van der Waals surface area contributed by atoms with Gasteiger partial charge in [0.15, 0.2) is 5.65 Å². The summed E-state index contributed by atoms with van der Waals surface area (Å²) in [6.07, 6.45) is 1.71. The van der Waals surface area contributed by atoms with Crippen molar-refractivity contribution in [3.8, 4) is 0 Å². The van der Waals surface area contributed by atoms with Gasteiger partial charge in [0.05, 0.1) is 37.3 Å². The van der Waals surface area contributed by atoms with E-state index in [4.69, 9.17) is 32.7 Å². The van der Waals surface area contributed by atoms with Gasteiger partial charge in [-0.15, -0.1) is 0 Å². The maximum atomic E-state index is 14.2. The number of nitrogens with zero attached hydrogens (tertiary/aromatic N) is 2. The minimum Gasteiger partial charge on any atom is -0.469 e. The summed E-state index contributed by atoms with van der Waals surface area (Å²) < 4.78 is 11.3. The van der Waals surface area contributed by atoms with Crippen LogP contribution in [0.1, 0.15) is 52.9 Å². The van der Waals surface area contributed by atoms with Crippen LogP contribution in [0, 0.1) is 5.92 Å². The predicted octanol–water partition coefficient (Wildman–Crippen LogP) is 7.05. The Hall–Kier alpha value is -4.08. The molecule has 3 aromatic carbocycles. The van der Waals surface area contributed by atoms with Gasteiger partial charge in [-0.2, -0.15) is 0 Å². The number of ether oxygens (including phenoxy) is 2. The van der Waals surface area contributed by atoms with E-state index in [1.54, 1.807) is 6.07 Å². The molecule has 0 spiro atoms. The van der Waals surface area contributed by atoms with Gasteiger partial charge in [0.2, 0.25) is 0 Å². The van der Waals surface area contributed by atoms with E-state index < -0.39 is 11.9 Å². The molecule has 0 saturated carbocycles. The number of fused-ring (bicyclic) bond motifs is 1. The van der Waals surface area contributed by atoms with Gasteiger partial charge in [0, 0.05) is 24.8 Å². The van der Waals surface area contributed by atoms with Gasteiger partial charge >= 0.3 is 5.97 Å². The fraction of sp³-hybridized carbons (Fsp3) is 0.297. The van der Waals surface area contributed by atoms with E-state index in [1.165, 1.54) is 7.11 Å². The third-order valence-corrected chi connectivity index (χ3v) is 9.28. The van der Waals surface area contributed by atoms with E-state index >= 15 is 0 Å². The summed E-state index contributed by atoms with van der Waals surface area (Å²) in [5, 5.41) is 4.29. The number of aromatic nitrogens is 3. The monoisotopic (exact) mass is 670 g/mol. The average Bonchev–Trinajstić information content (AvgIpc) is 3.53. The molecule has 3 atom stereocenters. The molecular formula is C37H36Cl2N4O4. The second kappa shape index (κ2) is 15.2. The van der Waals surface area contributed by atoms with Crippen molar-refractivity contribution in [2.75, 3.05) is 20.3 Å². The molecule has 1 fully saturated rings. The number of halogens is 2. The van der Waals surface area contributed by atoms with Crippen LogP contribution in [0.2, 0.25) is 10.2 Å². The number of aromatic amines is 1. The lowest BCUT2D eigenvalue weighted by atomic mass is 9.75. The molecular weight excluding hydrogens is 635 g/mol. The maximum Gasteiger partial charge on any atom is 0.306 e. The summed E-state index contributed by atoms with van der Waals surface area (Å²) in [5.74, 6) is -0.589. The van der Waals surface area contributed by atoms with Crippen molar-refractivity contribution < 1.29 is 19.1 Å². The van der Waals surface area contributed by atoms with Crippen LogP contribution in [0.15, 0.2) is 91.0 Å². The number of esters is 1. The lowest BCUT2D eigenvalue weighted by molar-refractivity contribution is -0.144. The first-order valence-corrected chi connectivity index (χ1v) is 16.5. The number of nitrogens with one attached hydrogen (secondary N) is 2. The first-order chi connectivity index (χ1) is 22.9. The molecule has 0 radical (unpaired) electrons. The van der Waals surface area contributed by atoms with Gasteiger partial charge in [-0.25, -0.2) is 9.97 Å². The molecule has 3 heterocycles. The van der Waals surface area contributed by atoms with E-state index in [9.17, 15) is 9.59 Å². The quantitative estimate of drug-likeness (QED) is 0.108. The molecule has 1 aliphatic rings. The van der Waals surface area contributed by atoms with E-state index in [-0.39, 0.29) is 36.7 Å². The molecule has 0 bridgehead atoms.